The van der Waals surface area contributed by atoms with Crippen molar-refractivity contribution in [1.29, 1.82) is 0 Å². The molecule has 4 heteroatoms. The Morgan fingerprint density at radius 1 is 1.00 bits per heavy atom. The molecule has 0 aliphatic rings. The van der Waals surface area contributed by atoms with Crippen molar-refractivity contribution in [2.24, 2.45) is 0 Å². The van der Waals surface area contributed by atoms with Crippen LogP contribution in [0.3, 0.4) is 0 Å². The maximum absolute atomic E-state index is 10.0. The summed E-state index contributed by atoms with van der Waals surface area (Å²) in [6.45, 7) is 2.46. The lowest BCUT2D eigenvalue weighted by Crippen LogP contribution is -2.00. The topological polar surface area (TPSA) is 58.3 Å². The number of rotatable bonds is 3. The predicted octanol–water partition coefficient (Wildman–Crippen LogP) is 3.32. The van der Waals surface area contributed by atoms with E-state index in [1.165, 1.54) is 0 Å². The van der Waals surface area contributed by atoms with E-state index in [1.807, 2.05) is 43.5 Å². The summed E-state index contributed by atoms with van der Waals surface area (Å²) >= 11 is 0. The highest BCUT2D eigenvalue weighted by Gasteiger charge is 2.13. The molecule has 0 fully saturated rings. The van der Waals surface area contributed by atoms with Gasteiger partial charge in [-0.3, -0.25) is 4.68 Å². The fraction of sp³-hybridized carbons (Fsp3) is 0.118. The van der Waals surface area contributed by atoms with Crippen molar-refractivity contribution >= 4 is 0 Å². The van der Waals surface area contributed by atoms with Crippen LogP contribution < -0.4 is 0 Å². The van der Waals surface area contributed by atoms with Crippen LogP contribution in [-0.2, 0) is 6.54 Å². The van der Waals surface area contributed by atoms with Crippen molar-refractivity contribution in [1.82, 2.24) is 9.78 Å². The Balaban J connectivity index is 1.92. The maximum Gasteiger partial charge on any atom is 0.129 e. The number of aromatic nitrogens is 2. The van der Waals surface area contributed by atoms with Gasteiger partial charge in [0.15, 0.2) is 0 Å². The Bertz CT molecular complexity index is 740. The summed E-state index contributed by atoms with van der Waals surface area (Å²) in [6, 6.07) is 15.0. The van der Waals surface area contributed by atoms with Gasteiger partial charge >= 0.3 is 0 Å². The van der Waals surface area contributed by atoms with E-state index in [9.17, 15) is 10.2 Å². The molecular formula is C17H16N2O2. The molecule has 0 saturated heterocycles. The Morgan fingerprint density at radius 3 is 2.33 bits per heavy atom. The van der Waals surface area contributed by atoms with Gasteiger partial charge in [0.1, 0.15) is 11.5 Å². The van der Waals surface area contributed by atoms with Gasteiger partial charge in [-0.2, -0.15) is 5.10 Å². The van der Waals surface area contributed by atoms with Gasteiger partial charge in [-0.25, -0.2) is 0 Å². The Kier molecular flexibility index (Phi) is 3.36. The van der Waals surface area contributed by atoms with Crippen LogP contribution in [0, 0.1) is 6.92 Å². The van der Waals surface area contributed by atoms with Crippen molar-refractivity contribution in [3.63, 3.8) is 0 Å². The quantitative estimate of drug-likeness (QED) is 0.773. The molecule has 0 atom stereocenters. The highest BCUT2D eigenvalue weighted by Crippen LogP contribution is 2.37. The molecule has 3 aromatic rings. The lowest BCUT2D eigenvalue weighted by Gasteiger charge is -2.06. The Labute approximate surface area is 122 Å². The molecule has 0 unspecified atom stereocenters. The van der Waals surface area contributed by atoms with Crippen LogP contribution >= 0.6 is 0 Å². The molecule has 21 heavy (non-hydrogen) atoms. The van der Waals surface area contributed by atoms with Crippen molar-refractivity contribution in [3.8, 4) is 22.8 Å². The highest BCUT2D eigenvalue weighted by atomic mass is 16.3. The van der Waals surface area contributed by atoms with Crippen LogP contribution in [0.1, 0.15) is 11.1 Å². The Morgan fingerprint density at radius 2 is 1.67 bits per heavy atom. The summed E-state index contributed by atoms with van der Waals surface area (Å²) in [7, 11) is 0. The minimum atomic E-state index is 0.0393. The zero-order valence-electron chi connectivity index (χ0n) is 11.7. The number of hydrogen-bond donors (Lipinski definition) is 2. The van der Waals surface area contributed by atoms with E-state index in [1.54, 1.807) is 22.9 Å². The molecule has 2 N–H and O–H groups in total. The second kappa shape index (κ2) is 5.32. The monoisotopic (exact) mass is 280 g/mol. The lowest BCUT2D eigenvalue weighted by molar-refractivity contribution is 0.453. The van der Waals surface area contributed by atoms with E-state index in [-0.39, 0.29) is 11.5 Å². The fourth-order valence-electron chi connectivity index (χ4n) is 2.36. The molecule has 0 bridgehead atoms. The van der Waals surface area contributed by atoms with Crippen LogP contribution in [0.15, 0.2) is 54.7 Å². The molecule has 2 aromatic carbocycles. The van der Waals surface area contributed by atoms with Crippen molar-refractivity contribution in [3.05, 3.63) is 65.9 Å². The third kappa shape index (κ3) is 2.74. The van der Waals surface area contributed by atoms with Gasteiger partial charge in [0.05, 0.1) is 17.8 Å². The predicted molar refractivity (Wildman–Crippen MR) is 81.3 cm³/mol. The number of phenols is 2. The van der Waals surface area contributed by atoms with Gasteiger partial charge in [-0.1, -0.05) is 30.3 Å². The summed E-state index contributed by atoms with van der Waals surface area (Å²) in [5.74, 6) is 0.0786. The number of phenolic OH excluding ortho intramolecular Hbond substituents is 2. The molecule has 0 radical (unpaired) electrons. The largest absolute Gasteiger partial charge is 0.507 e. The van der Waals surface area contributed by atoms with E-state index in [2.05, 4.69) is 5.10 Å². The average molecular weight is 280 g/mol. The van der Waals surface area contributed by atoms with Crippen molar-refractivity contribution in [2.45, 2.75) is 13.5 Å². The van der Waals surface area contributed by atoms with E-state index in [0.717, 1.165) is 11.1 Å². The summed E-state index contributed by atoms with van der Waals surface area (Å²) in [5, 5.41) is 24.5. The normalized spacial score (nSPS) is 10.7. The van der Waals surface area contributed by atoms with E-state index in [0.29, 0.717) is 17.8 Å². The summed E-state index contributed by atoms with van der Waals surface area (Å²) in [5.41, 5.74) is 2.87. The molecular weight excluding hydrogens is 264 g/mol. The zero-order valence-corrected chi connectivity index (χ0v) is 11.7. The first-order chi connectivity index (χ1) is 10.1. The van der Waals surface area contributed by atoms with Gasteiger partial charge < -0.3 is 10.2 Å². The molecule has 0 aliphatic carbocycles. The minimum absolute atomic E-state index is 0.0393. The molecule has 0 saturated carbocycles. The molecule has 0 amide bonds. The van der Waals surface area contributed by atoms with Crippen molar-refractivity contribution < 1.29 is 10.2 Å². The first-order valence-corrected chi connectivity index (χ1v) is 6.74. The van der Waals surface area contributed by atoms with E-state index in [4.69, 9.17) is 0 Å². The molecule has 0 aliphatic heterocycles. The van der Waals surface area contributed by atoms with Crippen LogP contribution in [-0.4, -0.2) is 20.0 Å². The molecule has 106 valence electrons. The Hall–Kier alpha value is -2.75. The van der Waals surface area contributed by atoms with E-state index < -0.39 is 0 Å². The summed E-state index contributed by atoms with van der Waals surface area (Å²) in [4.78, 5) is 0. The molecule has 4 nitrogen and oxygen atoms in total. The van der Waals surface area contributed by atoms with Crippen LogP contribution in [0.5, 0.6) is 11.5 Å². The summed E-state index contributed by atoms with van der Waals surface area (Å²) in [6.07, 6.45) is 1.83. The van der Waals surface area contributed by atoms with Gasteiger partial charge in [0.2, 0.25) is 0 Å². The van der Waals surface area contributed by atoms with Gasteiger partial charge in [0, 0.05) is 6.20 Å². The van der Waals surface area contributed by atoms with Gasteiger partial charge in [-0.05, 0) is 36.2 Å². The lowest BCUT2D eigenvalue weighted by atomic mass is 10.1. The smallest absolute Gasteiger partial charge is 0.129 e. The van der Waals surface area contributed by atoms with Gasteiger partial charge in [-0.15, -0.1) is 0 Å². The first-order valence-electron chi connectivity index (χ1n) is 6.74. The molecule has 3 rings (SSSR count). The third-order valence-corrected chi connectivity index (χ3v) is 3.33. The van der Waals surface area contributed by atoms with Crippen molar-refractivity contribution in [2.75, 3.05) is 0 Å². The average Bonchev–Trinajstić information content (AvgIpc) is 2.87. The number of hydrogen-bond acceptors (Lipinski definition) is 3. The second-order valence-corrected chi connectivity index (χ2v) is 5.06. The van der Waals surface area contributed by atoms with Crippen LogP contribution in [0.25, 0.3) is 11.3 Å². The standard InChI is InChI=1S/C17H16N2O2/c1-12-9-15(20)17(16(21)10-12)14-7-8-19(18-14)11-13-5-3-2-4-6-13/h2-10,20-21H,11H2,1H3. The number of nitrogens with zero attached hydrogens (tertiary/aromatic N) is 2. The second-order valence-electron chi connectivity index (χ2n) is 5.06. The first kappa shape index (κ1) is 13.2. The van der Waals surface area contributed by atoms with E-state index >= 15 is 0 Å². The highest BCUT2D eigenvalue weighted by molar-refractivity contribution is 5.73. The number of aryl methyl sites for hydroxylation is 1. The van der Waals surface area contributed by atoms with Crippen LogP contribution in [0.2, 0.25) is 0 Å². The van der Waals surface area contributed by atoms with Gasteiger partial charge in [0.25, 0.3) is 0 Å². The molecule has 1 heterocycles. The summed E-state index contributed by atoms with van der Waals surface area (Å²) < 4.78 is 1.78. The zero-order chi connectivity index (χ0) is 14.8. The number of aromatic hydroxyl groups is 2. The van der Waals surface area contributed by atoms with Crippen LogP contribution in [0.4, 0.5) is 0 Å². The SMILES string of the molecule is Cc1cc(O)c(-c2ccn(Cc3ccccc3)n2)c(O)c1. The third-order valence-electron chi connectivity index (χ3n) is 3.33. The number of benzene rings is 2. The molecule has 0 spiro atoms. The minimum Gasteiger partial charge on any atom is -0.507 e. The fourth-order valence-corrected chi connectivity index (χ4v) is 2.36. The molecule has 1 aromatic heterocycles. The maximum atomic E-state index is 10.0.